The van der Waals surface area contributed by atoms with E-state index in [2.05, 4.69) is 10.3 Å². The van der Waals surface area contributed by atoms with E-state index in [0.29, 0.717) is 30.0 Å². The molecule has 1 fully saturated rings. The van der Waals surface area contributed by atoms with Crippen molar-refractivity contribution in [2.75, 3.05) is 20.7 Å². The summed E-state index contributed by atoms with van der Waals surface area (Å²) in [5.41, 5.74) is 2.92. The Morgan fingerprint density at radius 1 is 1.28 bits per heavy atom. The number of allylic oxidation sites excluding steroid dienone is 1. The number of nitrogens with zero attached hydrogens (tertiary/aromatic N) is 1. The maximum absolute atomic E-state index is 12.8. The fraction of sp³-hybridized carbons (Fsp3) is 0.391. The minimum absolute atomic E-state index is 0.0601. The number of ether oxygens (including phenoxy) is 1. The smallest absolute Gasteiger partial charge is 0.270 e. The van der Waals surface area contributed by atoms with Gasteiger partial charge in [-0.3, -0.25) is 9.59 Å². The van der Waals surface area contributed by atoms with Gasteiger partial charge in [0.15, 0.2) is 0 Å². The average molecular weight is 396 g/mol. The van der Waals surface area contributed by atoms with Gasteiger partial charge in [0.2, 0.25) is 0 Å². The number of carbonyl (C=O) groups is 2. The van der Waals surface area contributed by atoms with E-state index in [1.807, 2.05) is 37.3 Å². The summed E-state index contributed by atoms with van der Waals surface area (Å²) in [7, 11) is 3.39. The van der Waals surface area contributed by atoms with Crippen molar-refractivity contribution in [3.63, 3.8) is 0 Å². The molecule has 0 spiro atoms. The van der Waals surface area contributed by atoms with Crippen LogP contribution in [-0.4, -0.2) is 48.4 Å². The maximum Gasteiger partial charge on any atom is 0.270 e. The molecule has 2 amide bonds. The number of methoxy groups -OCH3 is 1. The predicted octanol–water partition coefficient (Wildman–Crippen LogP) is 3.54. The Bertz CT molecular complexity index is 897. The summed E-state index contributed by atoms with van der Waals surface area (Å²) in [4.78, 5) is 30.0. The number of amides is 2. The van der Waals surface area contributed by atoms with E-state index in [1.54, 1.807) is 31.3 Å². The standard InChI is InChI=1S/C23H29N3O3/c1-4-5-13-26(2)23(28)21-16(11-12-24-21)14-18-15-17(9-10-20(18)29-3)22(27)25-19-7-6-8-19/h4-5,9-12,15,19,24H,6-8,13-14H2,1-3H3,(H,25,27)/b5-4+. The molecule has 1 saturated carbocycles. The Morgan fingerprint density at radius 2 is 2.07 bits per heavy atom. The molecule has 2 N–H and O–H groups in total. The van der Waals surface area contributed by atoms with Crippen LogP contribution in [0.15, 0.2) is 42.6 Å². The zero-order chi connectivity index (χ0) is 20.8. The van der Waals surface area contributed by atoms with Gasteiger partial charge in [-0.2, -0.15) is 0 Å². The van der Waals surface area contributed by atoms with Crippen LogP contribution in [0.3, 0.4) is 0 Å². The molecule has 6 heteroatoms. The van der Waals surface area contributed by atoms with Crippen molar-refractivity contribution < 1.29 is 14.3 Å². The van der Waals surface area contributed by atoms with Crippen molar-refractivity contribution >= 4 is 11.8 Å². The van der Waals surface area contributed by atoms with E-state index in [1.165, 1.54) is 6.42 Å². The van der Waals surface area contributed by atoms with Gasteiger partial charge in [-0.1, -0.05) is 12.2 Å². The quantitative estimate of drug-likeness (QED) is 0.672. The monoisotopic (exact) mass is 395 g/mol. The number of aromatic amines is 1. The molecule has 1 aromatic heterocycles. The van der Waals surface area contributed by atoms with Crippen LogP contribution in [0.2, 0.25) is 0 Å². The Kier molecular flexibility index (Phi) is 6.75. The molecule has 1 aromatic carbocycles. The lowest BCUT2D eigenvalue weighted by Crippen LogP contribution is -2.39. The summed E-state index contributed by atoms with van der Waals surface area (Å²) in [6.45, 7) is 2.48. The topological polar surface area (TPSA) is 74.4 Å². The summed E-state index contributed by atoms with van der Waals surface area (Å²) in [6, 6.07) is 7.64. The SMILES string of the molecule is C/C=C/CN(C)C(=O)c1[nH]ccc1Cc1cc(C(=O)NC2CCC2)ccc1OC. The lowest BCUT2D eigenvalue weighted by atomic mass is 9.92. The van der Waals surface area contributed by atoms with E-state index in [9.17, 15) is 9.59 Å². The van der Waals surface area contributed by atoms with Gasteiger partial charge in [-0.25, -0.2) is 0 Å². The lowest BCUT2D eigenvalue weighted by Gasteiger charge is -2.26. The zero-order valence-electron chi connectivity index (χ0n) is 17.3. The third kappa shape index (κ3) is 4.88. The van der Waals surface area contributed by atoms with E-state index in [0.717, 1.165) is 24.0 Å². The van der Waals surface area contributed by atoms with Crippen LogP contribution in [0.4, 0.5) is 0 Å². The van der Waals surface area contributed by atoms with Gasteiger partial charge in [0, 0.05) is 37.8 Å². The van der Waals surface area contributed by atoms with Crippen molar-refractivity contribution in [1.82, 2.24) is 15.2 Å². The van der Waals surface area contributed by atoms with Crippen molar-refractivity contribution in [1.29, 1.82) is 0 Å². The summed E-state index contributed by atoms with van der Waals surface area (Å²) in [5.74, 6) is 0.572. The lowest BCUT2D eigenvalue weighted by molar-refractivity contribution is 0.0803. The number of hydrogen-bond donors (Lipinski definition) is 2. The molecule has 0 aliphatic heterocycles. The van der Waals surface area contributed by atoms with E-state index in [4.69, 9.17) is 4.74 Å². The fourth-order valence-corrected chi connectivity index (χ4v) is 3.37. The van der Waals surface area contributed by atoms with Crippen LogP contribution >= 0.6 is 0 Å². The molecule has 0 saturated heterocycles. The van der Waals surface area contributed by atoms with Crippen LogP contribution in [0.25, 0.3) is 0 Å². The molecule has 0 radical (unpaired) electrons. The van der Waals surface area contributed by atoms with Gasteiger partial charge in [0.25, 0.3) is 11.8 Å². The Morgan fingerprint density at radius 3 is 2.72 bits per heavy atom. The zero-order valence-corrected chi connectivity index (χ0v) is 17.3. The molecular weight excluding hydrogens is 366 g/mol. The van der Waals surface area contributed by atoms with Gasteiger partial charge in [-0.05, 0) is 61.6 Å². The van der Waals surface area contributed by atoms with E-state index < -0.39 is 0 Å². The number of H-pyrrole nitrogens is 1. The molecule has 29 heavy (non-hydrogen) atoms. The van der Waals surface area contributed by atoms with E-state index in [-0.39, 0.29) is 17.9 Å². The minimum atomic E-state index is -0.0686. The highest BCUT2D eigenvalue weighted by Crippen LogP contribution is 2.25. The Hall–Kier alpha value is -3.02. The molecule has 6 nitrogen and oxygen atoms in total. The van der Waals surface area contributed by atoms with Crippen LogP contribution in [0, 0.1) is 0 Å². The number of aromatic nitrogens is 1. The molecule has 2 aromatic rings. The van der Waals surface area contributed by atoms with Crippen molar-refractivity contribution in [2.24, 2.45) is 0 Å². The molecule has 0 bridgehead atoms. The van der Waals surface area contributed by atoms with E-state index >= 15 is 0 Å². The first-order valence-electron chi connectivity index (χ1n) is 10.0. The normalized spacial score (nSPS) is 13.9. The molecule has 3 rings (SSSR count). The Labute approximate surface area is 171 Å². The van der Waals surface area contributed by atoms with Crippen LogP contribution in [-0.2, 0) is 6.42 Å². The molecule has 1 aliphatic rings. The van der Waals surface area contributed by atoms with Crippen LogP contribution in [0.5, 0.6) is 5.75 Å². The first-order valence-corrected chi connectivity index (χ1v) is 10.0. The molecule has 0 atom stereocenters. The third-order valence-corrected chi connectivity index (χ3v) is 5.37. The highest BCUT2D eigenvalue weighted by atomic mass is 16.5. The summed E-state index contributed by atoms with van der Waals surface area (Å²) in [5, 5.41) is 3.07. The van der Waals surface area contributed by atoms with Gasteiger partial charge in [0.1, 0.15) is 11.4 Å². The average Bonchev–Trinajstić information content (AvgIpc) is 3.16. The number of rotatable bonds is 8. The first-order chi connectivity index (χ1) is 14.0. The number of carbonyl (C=O) groups excluding carboxylic acids is 2. The highest BCUT2D eigenvalue weighted by Gasteiger charge is 2.22. The van der Waals surface area contributed by atoms with Gasteiger partial charge >= 0.3 is 0 Å². The second kappa shape index (κ2) is 9.45. The summed E-state index contributed by atoms with van der Waals surface area (Å²) in [6.07, 6.45) is 9.39. The highest BCUT2D eigenvalue weighted by molar-refractivity contribution is 5.95. The predicted molar refractivity (Wildman–Crippen MR) is 113 cm³/mol. The summed E-state index contributed by atoms with van der Waals surface area (Å²) < 4.78 is 5.50. The second-order valence-corrected chi connectivity index (χ2v) is 7.44. The second-order valence-electron chi connectivity index (χ2n) is 7.44. The molecule has 1 aliphatic carbocycles. The minimum Gasteiger partial charge on any atom is -0.496 e. The third-order valence-electron chi connectivity index (χ3n) is 5.37. The molecule has 154 valence electrons. The van der Waals surface area contributed by atoms with Crippen LogP contribution < -0.4 is 10.1 Å². The van der Waals surface area contributed by atoms with Crippen LogP contribution in [0.1, 0.15) is 58.2 Å². The van der Waals surface area contributed by atoms with Crippen molar-refractivity contribution in [3.8, 4) is 5.75 Å². The Balaban J connectivity index is 1.80. The van der Waals surface area contributed by atoms with Crippen molar-refractivity contribution in [2.45, 2.75) is 38.6 Å². The molecular formula is C23H29N3O3. The maximum atomic E-state index is 12.8. The van der Waals surface area contributed by atoms with Gasteiger partial charge in [0.05, 0.1) is 7.11 Å². The molecule has 0 unspecified atom stereocenters. The summed E-state index contributed by atoms with van der Waals surface area (Å²) >= 11 is 0. The van der Waals surface area contributed by atoms with Gasteiger partial charge in [-0.15, -0.1) is 0 Å². The number of nitrogens with one attached hydrogen (secondary N) is 2. The number of likely N-dealkylation sites (N-methyl/N-ethyl adjacent to an activating group) is 1. The van der Waals surface area contributed by atoms with Crippen molar-refractivity contribution in [3.05, 3.63) is 65.0 Å². The number of benzene rings is 1. The number of hydrogen-bond acceptors (Lipinski definition) is 3. The first kappa shape index (κ1) is 20.7. The van der Waals surface area contributed by atoms with Gasteiger partial charge < -0.3 is 19.9 Å². The fourth-order valence-electron chi connectivity index (χ4n) is 3.37. The molecule has 1 heterocycles. The largest absolute Gasteiger partial charge is 0.496 e.